The Morgan fingerprint density at radius 3 is 2.18 bits per heavy atom. The topological polar surface area (TPSA) is 47.6 Å². The van der Waals surface area contributed by atoms with Gasteiger partial charge in [0.05, 0.1) is 22.6 Å². The molecule has 7 rings (SSSR count). The summed E-state index contributed by atoms with van der Waals surface area (Å²) in [5, 5.41) is 11.0. The Morgan fingerprint density at radius 1 is 0.769 bits per heavy atom. The minimum atomic E-state index is 0.176. The lowest BCUT2D eigenvalue weighted by atomic mass is 9.88. The number of piperazine rings is 1. The maximum atomic E-state index is 10.2. The summed E-state index contributed by atoms with van der Waals surface area (Å²) in [5.41, 5.74) is 8.72. The third-order valence-corrected chi connectivity index (χ3v) is 8.68. The van der Waals surface area contributed by atoms with Gasteiger partial charge in [-0.05, 0) is 72.2 Å². The molecule has 3 aromatic carbocycles. The fourth-order valence-corrected chi connectivity index (χ4v) is 6.77. The Hall–Kier alpha value is -3.85. The second-order valence-corrected chi connectivity index (χ2v) is 11.1. The minimum Gasteiger partial charge on any atom is -0.355 e. The highest BCUT2D eigenvalue weighted by Crippen LogP contribution is 2.38. The molecule has 3 heterocycles. The van der Waals surface area contributed by atoms with E-state index in [1.54, 1.807) is 0 Å². The summed E-state index contributed by atoms with van der Waals surface area (Å²) < 4.78 is 2.28. The van der Waals surface area contributed by atoms with Crippen molar-refractivity contribution in [1.82, 2.24) is 14.3 Å². The molecular formula is C33H30ClN5. The van der Waals surface area contributed by atoms with Crippen LogP contribution in [0.15, 0.2) is 78.9 Å². The number of imidazole rings is 1. The Morgan fingerprint density at radius 2 is 1.44 bits per heavy atom. The first-order chi connectivity index (χ1) is 19.2. The van der Waals surface area contributed by atoms with Gasteiger partial charge in [-0.2, -0.15) is 5.26 Å². The first-order valence-corrected chi connectivity index (χ1v) is 14.2. The number of aromatic nitrogens is 2. The van der Waals surface area contributed by atoms with Crippen LogP contribution in [0.5, 0.6) is 0 Å². The van der Waals surface area contributed by atoms with Gasteiger partial charge in [0.1, 0.15) is 11.9 Å². The fraction of sp³-hybridized carbons (Fsp3) is 0.273. The highest BCUT2D eigenvalue weighted by atomic mass is 35.5. The van der Waals surface area contributed by atoms with Crippen molar-refractivity contribution in [2.24, 2.45) is 0 Å². The van der Waals surface area contributed by atoms with Gasteiger partial charge in [-0.15, -0.1) is 0 Å². The van der Waals surface area contributed by atoms with Crippen LogP contribution >= 0.6 is 11.6 Å². The predicted octanol–water partition coefficient (Wildman–Crippen LogP) is 6.80. The number of pyridine rings is 1. The van der Waals surface area contributed by atoms with Crippen molar-refractivity contribution in [2.75, 3.05) is 31.1 Å². The minimum absolute atomic E-state index is 0.176. The van der Waals surface area contributed by atoms with E-state index in [0.29, 0.717) is 0 Å². The number of halogens is 1. The molecule has 5 aromatic rings. The van der Waals surface area contributed by atoms with Gasteiger partial charge in [-0.25, -0.2) is 4.98 Å². The molecule has 1 aliphatic heterocycles. The van der Waals surface area contributed by atoms with E-state index in [1.807, 2.05) is 18.2 Å². The van der Waals surface area contributed by atoms with Crippen molar-refractivity contribution in [1.29, 1.82) is 5.26 Å². The van der Waals surface area contributed by atoms with Gasteiger partial charge in [0.25, 0.3) is 0 Å². The summed E-state index contributed by atoms with van der Waals surface area (Å²) in [7, 11) is 0. The molecule has 6 heteroatoms. The lowest BCUT2D eigenvalue weighted by molar-refractivity contribution is 0.211. The fourth-order valence-electron chi connectivity index (χ4n) is 6.64. The number of para-hydroxylation sites is 2. The van der Waals surface area contributed by atoms with Gasteiger partial charge in [0.2, 0.25) is 0 Å². The van der Waals surface area contributed by atoms with Crippen molar-refractivity contribution < 1.29 is 0 Å². The van der Waals surface area contributed by atoms with Crippen LogP contribution in [-0.2, 0) is 12.8 Å². The van der Waals surface area contributed by atoms with Crippen molar-refractivity contribution in [3.63, 3.8) is 0 Å². The number of anilines is 1. The van der Waals surface area contributed by atoms with Crippen LogP contribution in [0.1, 0.15) is 46.7 Å². The molecule has 0 amide bonds. The Labute approximate surface area is 233 Å². The molecule has 0 bridgehead atoms. The molecule has 0 unspecified atom stereocenters. The van der Waals surface area contributed by atoms with E-state index in [-0.39, 0.29) is 6.04 Å². The van der Waals surface area contributed by atoms with Crippen molar-refractivity contribution in [2.45, 2.75) is 31.7 Å². The van der Waals surface area contributed by atoms with Crippen LogP contribution in [0.25, 0.3) is 16.7 Å². The molecule has 194 valence electrons. The lowest BCUT2D eigenvalue weighted by Crippen LogP contribution is -2.48. The number of benzene rings is 3. The van der Waals surface area contributed by atoms with Gasteiger partial charge in [0.15, 0.2) is 5.65 Å². The normalized spacial score (nSPS) is 16.8. The summed E-state index contributed by atoms with van der Waals surface area (Å²) in [6, 6.07) is 30.1. The average molecular weight is 532 g/mol. The van der Waals surface area contributed by atoms with Gasteiger partial charge in [-0.1, -0.05) is 66.2 Å². The van der Waals surface area contributed by atoms with Crippen LogP contribution in [0.2, 0.25) is 5.02 Å². The van der Waals surface area contributed by atoms with Gasteiger partial charge in [-0.3, -0.25) is 9.30 Å². The monoisotopic (exact) mass is 531 g/mol. The number of rotatable bonds is 4. The SMILES string of the molecule is N#Cc1c2c(c(N3CCN([C@@H](c4ccccc4)c4ccc(Cl)cc4)CC3)n3c1nc1ccccc13)CCCC2. The summed E-state index contributed by atoms with van der Waals surface area (Å²) in [6.45, 7) is 3.70. The molecule has 1 saturated heterocycles. The van der Waals surface area contributed by atoms with E-state index in [2.05, 4.69) is 80.9 Å². The maximum absolute atomic E-state index is 10.2. The predicted molar refractivity (Wildman–Crippen MR) is 158 cm³/mol. The summed E-state index contributed by atoms with van der Waals surface area (Å²) in [5.74, 6) is 1.25. The number of nitriles is 1. The van der Waals surface area contributed by atoms with Crippen molar-refractivity contribution in [3.8, 4) is 6.07 Å². The zero-order valence-electron chi connectivity index (χ0n) is 21.9. The smallest absolute Gasteiger partial charge is 0.157 e. The number of hydrogen-bond acceptors (Lipinski definition) is 4. The van der Waals surface area contributed by atoms with E-state index >= 15 is 0 Å². The lowest BCUT2D eigenvalue weighted by Gasteiger charge is -2.42. The van der Waals surface area contributed by atoms with Crippen LogP contribution in [0.4, 0.5) is 5.82 Å². The van der Waals surface area contributed by atoms with Gasteiger partial charge < -0.3 is 4.90 Å². The number of fused-ring (bicyclic) bond motifs is 4. The maximum Gasteiger partial charge on any atom is 0.157 e. The molecule has 1 fully saturated rings. The number of hydrogen-bond donors (Lipinski definition) is 0. The Balaban J connectivity index is 1.30. The van der Waals surface area contributed by atoms with E-state index < -0.39 is 0 Å². The average Bonchev–Trinajstić information content (AvgIpc) is 3.37. The largest absolute Gasteiger partial charge is 0.355 e. The van der Waals surface area contributed by atoms with Crippen LogP contribution in [0, 0.1) is 11.3 Å². The molecule has 1 atom stereocenters. The Kier molecular flexibility index (Phi) is 6.23. The van der Waals surface area contributed by atoms with Gasteiger partial charge >= 0.3 is 0 Å². The molecule has 0 radical (unpaired) electrons. The third kappa shape index (κ3) is 4.16. The van der Waals surface area contributed by atoms with Crippen LogP contribution in [0.3, 0.4) is 0 Å². The standard InChI is InChI=1S/C33H30ClN5/c34-25-16-14-24(15-17-25)31(23-8-2-1-3-9-23)37-18-20-38(21-19-37)33-27-11-5-4-10-26(27)28(22-35)32-36-29-12-6-7-13-30(29)39(32)33/h1-3,6-9,12-17,31H,4-5,10-11,18-21H2/t31-/m0/s1. The second kappa shape index (κ2) is 10.0. The summed E-state index contributed by atoms with van der Waals surface area (Å²) in [4.78, 5) is 10.1. The molecule has 0 N–H and O–H groups in total. The highest BCUT2D eigenvalue weighted by Gasteiger charge is 2.31. The number of nitrogens with zero attached hydrogens (tertiary/aromatic N) is 5. The molecular weight excluding hydrogens is 502 g/mol. The van der Waals surface area contributed by atoms with E-state index in [1.165, 1.54) is 28.1 Å². The summed E-state index contributed by atoms with van der Waals surface area (Å²) in [6.07, 6.45) is 4.26. The molecule has 2 aliphatic rings. The molecule has 0 spiro atoms. The quantitative estimate of drug-likeness (QED) is 0.256. The zero-order chi connectivity index (χ0) is 26.3. The first-order valence-electron chi connectivity index (χ1n) is 13.9. The highest BCUT2D eigenvalue weighted by molar-refractivity contribution is 6.30. The summed E-state index contributed by atoms with van der Waals surface area (Å²) >= 11 is 6.25. The second-order valence-electron chi connectivity index (χ2n) is 10.6. The first kappa shape index (κ1) is 24.2. The Bertz CT molecular complexity index is 1690. The molecule has 0 saturated carbocycles. The molecule has 1 aliphatic carbocycles. The molecule has 39 heavy (non-hydrogen) atoms. The van der Waals surface area contributed by atoms with E-state index in [0.717, 1.165) is 79.1 Å². The van der Waals surface area contributed by atoms with Crippen LogP contribution in [-0.4, -0.2) is 40.5 Å². The molecule has 2 aromatic heterocycles. The van der Waals surface area contributed by atoms with Gasteiger partial charge in [0, 0.05) is 31.2 Å². The third-order valence-electron chi connectivity index (χ3n) is 8.43. The van der Waals surface area contributed by atoms with Crippen molar-refractivity contribution >= 4 is 34.1 Å². The zero-order valence-corrected chi connectivity index (χ0v) is 22.6. The van der Waals surface area contributed by atoms with Crippen LogP contribution < -0.4 is 4.90 Å². The van der Waals surface area contributed by atoms with E-state index in [4.69, 9.17) is 16.6 Å². The van der Waals surface area contributed by atoms with E-state index in [9.17, 15) is 5.26 Å². The van der Waals surface area contributed by atoms with Crippen molar-refractivity contribution in [3.05, 3.63) is 112 Å². The molecule has 5 nitrogen and oxygen atoms in total.